The zero-order chi connectivity index (χ0) is 16.4. The summed E-state index contributed by atoms with van der Waals surface area (Å²) in [6.07, 6.45) is 7.04. The van der Waals surface area contributed by atoms with E-state index in [0.29, 0.717) is 0 Å². The Balaban J connectivity index is 1.46. The summed E-state index contributed by atoms with van der Waals surface area (Å²) in [5.74, 6) is 7.53. The number of hydrogen-bond acceptors (Lipinski definition) is 2. The second kappa shape index (κ2) is 6.57. The minimum atomic E-state index is 0.859. The molecular formula is C22H17NS. The first-order valence-corrected chi connectivity index (χ1v) is 8.73. The first-order chi connectivity index (χ1) is 11.8. The van der Waals surface area contributed by atoms with Crippen LogP contribution < -0.4 is 0 Å². The summed E-state index contributed by atoms with van der Waals surface area (Å²) < 4.78 is 0. The molecule has 116 valence electrons. The molecule has 2 aromatic rings. The smallest absolute Gasteiger partial charge is 0.0742 e. The van der Waals surface area contributed by atoms with Crippen molar-refractivity contribution < 1.29 is 0 Å². The monoisotopic (exact) mass is 327 g/mol. The average Bonchev–Trinajstić information content (AvgIpc) is 3.31. The lowest BCUT2D eigenvalue weighted by atomic mass is 10.1. The number of thiocarbonyl (C=S) groups is 1. The van der Waals surface area contributed by atoms with Crippen molar-refractivity contribution in [3.05, 3.63) is 70.3 Å². The SMILES string of the molecule is S=C=Nc1ccc2c(c1)CC(C#Cc1ccc(CC3CC3)cc1)=C2. The van der Waals surface area contributed by atoms with E-state index in [1.807, 2.05) is 6.07 Å². The van der Waals surface area contributed by atoms with Gasteiger partial charge in [-0.15, -0.1) is 0 Å². The molecule has 2 heteroatoms. The van der Waals surface area contributed by atoms with Crippen LogP contribution in [0.1, 0.15) is 35.1 Å². The molecule has 4 rings (SSSR count). The molecule has 0 spiro atoms. The summed E-state index contributed by atoms with van der Waals surface area (Å²) in [5.41, 5.74) is 7.00. The van der Waals surface area contributed by atoms with E-state index in [2.05, 4.69) is 76.7 Å². The third-order valence-electron chi connectivity index (χ3n) is 4.55. The van der Waals surface area contributed by atoms with Gasteiger partial charge in [-0.1, -0.05) is 30.0 Å². The summed E-state index contributed by atoms with van der Waals surface area (Å²) in [4.78, 5) is 4.04. The molecule has 2 aliphatic carbocycles. The number of aliphatic imine (C=N–C) groups is 1. The van der Waals surface area contributed by atoms with Crippen LogP contribution in [0.2, 0.25) is 0 Å². The summed E-state index contributed by atoms with van der Waals surface area (Å²) in [7, 11) is 0. The standard InChI is InChI=1S/C22H17NS/c24-15-23-22-10-9-20-12-19(13-21(20)14-22)8-3-16-1-4-17(5-2-16)11-18-6-7-18/h1-2,4-5,9-10,12,14,18H,6-7,11,13H2. The maximum absolute atomic E-state index is 4.66. The van der Waals surface area contributed by atoms with E-state index in [0.717, 1.165) is 29.2 Å². The van der Waals surface area contributed by atoms with Crippen molar-refractivity contribution in [2.24, 2.45) is 10.9 Å². The van der Waals surface area contributed by atoms with Gasteiger partial charge in [-0.05, 0) is 84.4 Å². The summed E-state index contributed by atoms with van der Waals surface area (Å²) in [5, 5.41) is 2.42. The summed E-state index contributed by atoms with van der Waals surface area (Å²) >= 11 is 4.66. The van der Waals surface area contributed by atoms with Crippen molar-refractivity contribution in [3.8, 4) is 11.8 Å². The van der Waals surface area contributed by atoms with Crippen LogP contribution in [0.5, 0.6) is 0 Å². The number of isothiocyanates is 1. The highest BCUT2D eigenvalue weighted by atomic mass is 32.1. The molecule has 0 N–H and O–H groups in total. The maximum atomic E-state index is 4.66. The van der Waals surface area contributed by atoms with Gasteiger partial charge in [0.15, 0.2) is 0 Å². The predicted molar refractivity (Wildman–Crippen MR) is 103 cm³/mol. The molecule has 2 aromatic carbocycles. The van der Waals surface area contributed by atoms with E-state index < -0.39 is 0 Å². The third-order valence-corrected chi connectivity index (χ3v) is 4.65. The first kappa shape index (κ1) is 15.1. The fourth-order valence-electron chi connectivity index (χ4n) is 3.06. The molecule has 0 saturated heterocycles. The second-order valence-electron chi connectivity index (χ2n) is 6.53. The van der Waals surface area contributed by atoms with Crippen molar-refractivity contribution in [2.75, 3.05) is 0 Å². The number of fused-ring (bicyclic) bond motifs is 1. The Labute approximate surface area is 148 Å². The van der Waals surface area contributed by atoms with E-state index in [9.17, 15) is 0 Å². The highest BCUT2D eigenvalue weighted by Gasteiger charge is 2.21. The van der Waals surface area contributed by atoms with E-state index in [4.69, 9.17) is 0 Å². The Morgan fingerprint density at radius 1 is 1.04 bits per heavy atom. The van der Waals surface area contributed by atoms with Gasteiger partial charge in [-0.2, -0.15) is 4.99 Å². The molecule has 0 radical (unpaired) electrons. The van der Waals surface area contributed by atoms with Gasteiger partial charge in [-0.25, -0.2) is 0 Å². The van der Waals surface area contributed by atoms with Crippen LogP contribution in [0.15, 0.2) is 53.0 Å². The van der Waals surface area contributed by atoms with Crippen LogP contribution in [0.25, 0.3) is 6.08 Å². The number of hydrogen-bond donors (Lipinski definition) is 0. The Morgan fingerprint density at radius 3 is 2.62 bits per heavy atom. The van der Waals surface area contributed by atoms with Crippen LogP contribution in [0.4, 0.5) is 5.69 Å². The van der Waals surface area contributed by atoms with Crippen LogP contribution in [-0.2, 0) is 12.8 Å². The van der Waals surface area contributed by atoms with Gasteiger partial charge in [-0.3, -0.25) is 0 Å². The van der Waals surface area contributed by atoms with E-state index >= 15 is 0 Å². The molecule has 1 fully saturated rings. The average molecular weight is 327 g/mol. The highest BCUT2D eigenvalue weighted by molar-refractivity contribution is 7.78. The van der Waals surface area contributed by atoms with Crippen molar-refractivity contribution in [1.29, 1.82) is 0 Å². The van der Waals surface area contributed by atoms with Crippen molar-refractivity contribution in [3.63, 3.8) is 0 Å². The van der Waals surface area contributed by atoms with Crippen LogP contribution in [0.3, 0.4) is 0 Å². The van der Waals surface area contributed by atoms with Crippen molar-refractivity contribution in [1.82, 2.24) is 0 Å². The van der Waals surface area contributed by atoms with E-state index in [1.54, 1.807) is 0 Å². The molecule has 0 amide bonds. The van der Waals surface area contributed by atoms with Gasteiger partial charge >= 0.3 is 0 Å². The lowest BCUT2D eigenvalue weighted by molar-refractivity contribution is 0.832. The Hall–Kier alpha value is -2.46. The zero-order valence-electron chi connectivity index (χ0n) is 13.4. The number of nitrogens with zero attached hydrogens (tertiary/aromatic N) is 1. The summed E-state index contributed by atoms with van der Waals surface area (Å²) in [6, 6.07) is 14.8. The topological polar surface area (TPSA) is 12.4 Å². The predicted octanol–water partition coefficient (Wildman–Crippen LogP) is 5.36. The minimum absolute atomic E-state index is 0.859. The van der Waals surface area contributed by atoms with Crippen LogP contribution in [-0.4, -0.2) is 5.16 Å². The maximum Gasteiger partial charge on any atom is 0.0742 e. The second-order valence-corrected chi connectivity index (χ2v) is 6.71. The molecule has 0 heterocycles. The zero-order valence-corrected chi connectivity index (χ0v) is 14.2. The van der Waals surface area contributed by atoms with E-state index in [-0.39, 0.29) is 0 Å². The fourth-order valence-corrected chi connectivity index (χ4v) is 3.17. The quantitative estimate of drug-likeness (QED) is 0.420. The lowest BCUT2D eigenvalue weighted by Crippen LogP contribution is -1.87. The molecule has 0 aliphatic heterocycles. The molecule has 0 atom stereocenters. The van der Waals surface area contributed by atoms with E-state index in [1.165, 1.54) is 36.0 Å². The molecular weight excluding hydrogens is 310 g/mol. The number of allylic oxidation sites excluding steroid dienone is 1. The highest BCUT2D eigenvalue weighted by Crippen LogP contribution is 2.32. The number of benzene rings is 2. The summed E-state index contributed by atoms with van der Waals surface area (Å²) in [6.45, 7) is 0. The van der Waals surface area contributed by atoms with Gasteiger partial charge in [0, 0.05) is 17.6 Å². The molecule has 1 saturated carbocycles. The lowest BCUT2D eigenvalue weighted by Gasteiger charge is -1.99. The molecule has 0 aromatic heterocycles. The molecule has 2 aliphatic rings. The minimum Gasteiger partial charge on any atom is -0.195 e. The van der Waals surface area contributed by atoms with Crippen molar-refractivity contribution in [2.45, 2.75) is 25.7 Å². The molecule has 24 heavy (non-hydrogen) atoms. The Bertz CT molecular complexity index is 915. The largest absolute Gasteiger partial charge is 0.195 e. The third kappa shape index (κ3) is 3.54. The normalized spacial score (nSPS) is 14.9. The van der Waals surface area contributed by atoms with Gasteiger partial charge in [0.2, 0.25) is 0 Å². The molecule has 1 nitrogen and oxygen atoms in total. The van der Waals surface area contributed by atoms with Crippen LogP contribution in [0, 0.1) is 17.8 Å². The number of rotatable bonds is 3. The van der Waals surface area contributed by atoms with Gasteiger partial charge in [0.1, 0.15) is 0 Å². The van der Waals surface area contributed by atoms with Gasteiger partial charge in [0.25, 0.3) is 0 Å². The Morgan fingerprint density at radius 2 is 1.88 bits per heavy atom. The molecule has 0 bridgehead atoms. The fraction of sp³-hybridized carbons (Fsp3) is 0.227. The molecule has 0 unspecified atom stereocenters. The van der Waals surface area contributed by atoms with Gasteiger partial charge in [0.05, 0.1) is 10.8 Å². The first-order valence-electron chi connectivity index (χ1n) is 8.32. The van der Waals surface area contributed by atoms with Gasteiger partial charge < -0.3 is 0 Å². The van der Waals surface area contributed by atoms with Crippen molar-refractivity contribution >= 4 is 29.1 Å². The van der Waals surface area contributed by atoms with Crippen LogP contribution >= 0.6 is 12.2 Å². The Kier molecular flexibility index (Phi) is 4.13.